The average molecular weight is 516 g/mol. The number of ether oxygens (including phenoxy) is 1. The second kappa shape index (κ2) is 8.99. The smallest absolute Gasteiger partial charge is 0.436 e. The third-order valence-electron chi connectivity index (χ3n) is 6.57. The molecular formula is C22H28F3N5O4S. The average Bonchev–Trinajstić information content (AvgIpc) is 3.30. The molecule has 1 amide bonds. The summed E-state index contributed by atoms with van der Waals surface area (Å²) in [6, 6.07) is -0.337. The largest absolute Gasteiger partial charge is 0.451 e. The van der Waals surface area contributed by atoms with Crippen molar-refractivity contribution in [3.63, 3.8) is 0 Å². The first-order valence-corrected chi connectivity index (χ1v) is 12.1. The number of aliphatic imine (C=N–C) groups is 1. The summed E-state index contributed by atoms with van der Waals surface area (Å²) in [7, 11) is 1.22. The highest BCUT2D eigenvalue weighted by molar-refractivity contribution is 7.18. The van der Waals surface area contributed by atoms with E-state index in [-0.39, 0.29) is 28.2 Å². The number of alkyl halides is 3. The predicted octanol–water partition coefficient (Wildman–Crippen LogP) is 3.37. The molecule has 0 atom stereocenters. The number of carbonyl (C=O) groups excluding carboxylic acids is 1. The lowest BCUT2D eigenvalue weighted by Gasteiger charge is -2.43. The number of nitrogens with zero attached hydrogens (tertiary/aromatic N) is 4. The molecular weight excluding hydrogens is 487 g/mol. The van der Waals surface area contributed by atoms with Gasteiger partial charge in [0.05, 0.1) is 25.5 Å². The van der Waals surface area contributed by atoms with Crippen LogP contribution in [0.2, 0.25) is 0 Å². The van der Waals surface area contributed by atoms with Gasteiger partial charge in [0, 0.05) is 30.6 Å². The third-order valence-corrected chi connectivity index (χ3v) is 7.87. The molecule has 0 radical (unpaired) electrons. The number of rotatable bonds is 5. The van der Waals surface area contributed by atoms with Crippen LogP contribution in [0.1, 0.15) is 49.6 Å². The Bertz CT molecular complexity index is 1300. The van der Waals surface area contributed by atoms with Gasteiger partial charge in [-0.1, -0.05) is 13.8 Å². The van der Waals surface area contributed by atoms with Crippen LogP contribution in [-0.2, 0) is 17.8 Å². The fourth-order valence-electron chi connectivity index (χ4n) is 4.81. The highest BCUT2D eigenvalue weighted by Gasteiger charge is 2.40. The summed E-state index contributed by atoms with van der Waals surface area (Å²) >= 11 is 1.13. The Balaban J connectivity index is 1.80. The molecule has 0 unspecified atom stereocenters. The molecule has 1 saturated carbocycles. The zero-order chi connectivity index (χ0) is 25.7. The normalized spacial score (nSPS) is 19.3. The van der Waals surface area contributed by atoms with E-state index in [0.717, 1.165) is 20.5 Å². The summed E-state index contributed by atoms with van der Waals surface area (Å²) < 4.78 is 46.1. The zero-order valence-corrected chi connectivity index (χ0v) is 20.8. The van der Waals surface area contributed by atoms with Crippen molar-refractivity contribution in [2.75, 3.05) is 20.2 Å². The van der Waals surface area contributed by atoms with Crippen molar-refractivity contribution < 1.29 is 22.7 Å². The lowest BCUT2D eigenvalue weighted by atomic mass is 9.68. The summed E-state index contributed by atoms with van der Waals surface area (Å²) in [5, 5.41) is 3.27. The number of aromatic nitrogens is 2. The van der Waals surface area contributed by atoms with Gasteiger partial charge in [-0.3, -0.25) is 13.9 Å². The quantitative estimate of drug-likeness (QED) is 0.656. The van der Waals surface area contributed by atoms with Gasteiger partial charge in [-0.05, 0) is 30.7 Å². The van der Waals surface area contributed by atoms with E-state index in [1.807, 2.05) is 13.8 Å². The highest BCUT2D eigenvalue weighted by atomic mass is 32.1. The van der Waals surface area contributed by atoms with Crippen molar-refractivity contribution in [1.29, 1.82) is 0 Å². The fourth-order valence-corrected chi connectivity index (χ4v) is 6.14. The maximum atomic E-state index is 13.5. The number of hydrogen-bond acceptors (Lipinski definition) is 5. The first-order chi connectivity index (χ1) is 16.3. The van der Waals surface area contributed by atoms with Gasteiger partial charge in [-0.25, -0.2) is 9.59 Å². The maximum absolute atomic E-state index is 13.5. The molecule has 1 aliphatic carbocycles. The van der Waals surface area contributed by atoms with Crippen LogP contribution in [0.15, 0.2) is 14.6 Å². The molecule has 4 rings (SSSR count). The van der Waals surface area contributed by atoms with Crippen molar-refractivity contribution in [3.05, 3.63) is 31.3 Å². The Morgan fingerprint density at radius 2 is 1.97 bits per heavy atom. The summed E-state index contributed by atoms with van der Waals surface area (Å²) in [4.78, 5) is 45.0. The molecule has 13 heteroatoms. The van der Waals surface area contributed by atoms with E-state index >= 15 is 0 Å². The van der Waals surface area contributed by atoms with Crippen LogP contribution in [0.4, 0.5) is 18.0 Å². The molecule has 1 N–H and O–H groups in total. The van der Waals surface area contributed by atoms with Crippen molar-refractivity contribution in [1.82, 2.24) is 19.4 Å². The number of methoxy groups -OCH3 is 1. The van der Waals surface area contributed by atoms with Crippen LogP contribution in [0.3, 0.4) is 0 Å². The number of thiophene rings is 1. The number of nitrogens with one attached hydrogen (secondary N) is 1. The number of hydrogen-bond donors (Lipinski definition) is 1. The van der Waals surface area contributed by atoms with Crippen molar-refractivity contribution >= 4 is 33.6 Å². The van der Waals surface area contributed by atoms with E-state index in [4.69, 9.17) is 0 Å². The van der Waals surface area contributed by atoms with Gasteiger partial charge in [0.2, 0.25) is 5.96 Å². The van der Waals surface area contributed by atoms with E-state index in [2.05, 4.69) is 15.0 Å². The van der Waals surface area contributed by atoms with Crippen LogP contribution in [0, 0.1) is 12.3 Å². The SMILES string of the molecule is COC(=O)/N=C1\NCCN1Cc1sc2c(c1C)c(=O)n(C1CC(C)(C)C1)c(=O)n2CCC(F)(F)F. The molecule has 2 fully saturated rings. The number of carbonyl (C=O) groups is 1. The van der Waals surface area contributed by atoms with E-state index < -0.39 is 36.5 Å². The van der Waals surface area contributed by atoms with E-state index in [9.17, 15) is 27.6 Å². The van der Waals surface area contributed by atoms with Gasteiger partial charge < -0.3 is 15.0 Å². The second-order valence-corrected chi connectivity index (χ2v) is 10.9. The van der Waals surface area contributed by atoms with Gasteiger partial charge in [0.15, 0.2) is 0 Å². The summed E-state index contributed by atoms with van der Waals surface area (Å²) in [5.41, 5.74) is -0.574. The predicted molar refractivity (Wildman–Crippen MR) is 126 cm³/mol. The number of amides is 1. The standard InChI is InChI=1S/C22H28F3N5O4S/c1-12-14(11-28-8-6-26-18(28)27-19(32)34-4)35-17-15(12)16(31)30(13-9-21(2,3)10-13)20(33)29(17)7-5-22(23,24)25/h13H,5-11H2,1-4H3,(H,26,27,32). The molecule has 9 nitrogen and oxygen atoms in total. The first-order valence-electron chi connectivity index (χ1n) is 11.3. The molecule has 35 heavy (non-hydrogen) atoms. The molecule has 1 saturated heterocycles. The number of guanidine groups is 1. The molecule has 1 aliphatic heterocycles. The van der Waals surface area contributed by atoms with Crippen molar-refractivity contribution in [3.8, 4) is 0 Å². The summed E-state index contributed by atoms with van der Waals surface area (Å²) in [6.45, 7) is 6.59. The monoisotopic (exact) mass is 515 g/mol. The Labute approximate surface area is 203 Å². The second-order valence-electron chi connectivity index (χ2n) is 9.78. The van der Waals surface area contributed by atoms with Crippen molar-refractivity contribution in [2.45, 2.75) is 65.3 Å². The highest BCUT2D eigenvalue weighted by Crippen LogP contribution is 2.47. The van der Waals surface area contributed by atoms with Crippen LogP contribution in [-0.4, -0.2) is 52.5 Å². The topological polar surface area (TPSA) is 97.9 Å². The van der Waals surface area contributed by atoms with Gasteiger partial charge in [0.1, 0.15) is 4.83 Å². The molecule has 0 bridgehead atoms. The number of fused-ring (bicyclic) bond motifs is 1. The van der Waals surface area contributed by atoms with E-state index in [0.29, 0.717) is 42.3 Å². The third kappa shape index (κ3) is 4.95. The molecule has 2 aliphatic rings. The molecule has 2 aromatic heterocycles. The number of halogens is 3. The van der Waals surface area contributed by atoms with Gasteiger partial charge in [-0.2, -0.15) is 13.2 Å². The van der Waals surface area contributed by atoms with Gasteiger partial charge in [0.25, 0.3) is 5.56 Å². The van der Waals surface area contributed by atoms with Crippen LogP contribution >= 0.6 is 11.3 Å². The first kappa shape index (κ1) is 25.3. The lowest BCUT2D eigenvalue weighted by molar-refractivity contribution is -0.136. The molecule has 2 aromatic rings. The molecule has 3 heterocycles. The minimum atomic E-state index is -4.44. The van der Waals surface area contributed by atoms with Crippen LogP contribution < -0.4 is 16.6 Å². The Morgan fingerprint density at radius 3 is 2.57 bits per heavy atom. The van der Waals surface area contributed by atoms with E-state index in [1.54, 1.807) is 11.8 Å². The molecule has 0 spiro atoms. The zero-order valence-electron chi connectivity index (χ0n) is 20.0. The molecule has 0 aromatic carbocycles. The summed E-state index contributed by atoms with van der Waals surface area (Å²) in [6.07, 6.45) is -5.17. The Morgan fingerprint density at radius 1 is 1.29 bits per heavy atom. The minimum absolute atomic E-state index is 0.0325. The van der Waals surface area contributed by atoms with Crippen LogP contribution in [0.5, 0.6) is 0 Å². The van der Waals surface area contributed by atoms with Gasteiger partial charge in [-0.15, -0.1) is 16.3 Å². The van der Waals surface area contributed by atoms with E-state index in [1.165, 1.54) is 7.11 Å². The molecule has 192 valence electrons. The Hall–Kier alpha value is -2.83. The minimum Gasteiger partial charge on any atom is -0.451 e. The fraction of sp³-hybridized carbons (Fsp3) is 0.636. The van der Waals surface area contributed by atoms with Crippen molar-refractivity contribution in [2.24, 2.45) is 10.4 Å². The number of aryl methyl sites for hydroxylation is 2. The van der Waals surface area contributed by atoms with Gasteiger partial charge >= 0.3 is 18.0 Å². The maximum Gasteiger partial charge on any atom is 0.436 e. The van der Waals surface area contributed by atoms with Crippen LogP contribution in [0.25, 0.3) is 10.2 Å². The summed E-state index contributed by atoms with van der Waals surface area (Å²) in [5.74, 6) is 0.317. The lowest BCUT2D eigenvalue weighted by Crippen LogP contribution is -2.48. The Kier molecular flexibility index (Phi) is 6.49.